The Morgan fingerprint density at radius 2 is 2.27 bits per heavy atom. The number of carboxylic acids is 1. The zero-order valence-corrected chi connectivity index (χ0v) is 5.79. The summed E-state index contributed by atoms with van der Waals surface area (Å²) in [6, 6.07) is 1.20. The molecule has 0 unspecified atom stereocenters. The van der Waals surface area contributed by atoms with Crippen molar-refractivity contribution < 1.29 is 14.7 Å². The molecule has 2 N–H and O–H groups in total. The quantitative estimate of drug-likeness (QED) is 0.525. The monoisotopic (exact) mass is 152 g/mol. The Hall–Kier alpha value is -1.59. The first-order valence-electron chi connectivity index (χ1n) is 2.91. The predicted octanol–water partition coefficient (Wildman–Crippen LogP) is -1.12. The summed E-state index contributed by atoms with van der Waals surface area (Å²) in [5.74, 6) is -1.12. The van der Waals surface area contributed by atoms with E-state index in [-0.39, 0.29) is 17.1 Å². The molecule has 0 fully saturated rings. The van der Waals surface area contributed by atoms with E-state index < -0.39 is 5.97 Å². The van der Waals surface area contributed by atoms with Crippen LogP contribution in [0.1, 0.15) is 21.0 Å². The van der Waals surface area contributed by atoms with Crippen LogP contribution in [0.25, 0.3) is 0 Å². The molecule has 0 atom stereocenters. The number of hydrogen-bond donors (Lipinski definition) is 2. The second-order valence-corrected chi connectivity index (χ2v) is 2.03. The third-order valence-electron chi connectivity index (χ3n) is 1.17. The molecule has 0 aliphatic heterocycles. The molecule has 0 bridgehead atoms. The normalized spacial score (nSPS) is 9.45. The van der Waals surface area contributed by atoms with Crippen LogP contribution in [0.4, 0.5) is 0 Å². The number of H-pyrrole nitrogens is 1. The molecule has 1 aromatic heterocycles. The van der Waals surface area contributed by atoms with Gasteiger partial charge in [-0.25, -0.2) is 4.79 Å². The number of hydrogen-bond acceptors (Lipinski definition) is 3. The molecule has 6 heteroatoms. The van der Waals surface area contributed by atoms with Crippen LogP contribution >= 0.6 is 0 Å². The lowest BCUT2D eigenvalue weighted by Crippen LogP contribution is -1.97. The summed E-state index contributed by atoms with van der Waals surface area (Å²) in [5.41, 5.74) is -0.189. The average molecular weight is 152 g/mol. The van der Waals surface area contributed by atoms with Gasteiger partial charge in [0.05, 0.1) is 0 Å². The lowest BCUT2D eigenvalue weighted by atomic mass is 10.00. The fourth-order valence-corrected chi connectivity index (χ4v) is 0.612. The Kier molecular flexibility index (Phi) is 1.76. The van der Waals surface area contributed by atoms with E-state index >= 15 is 0 Å². The second kappa shape index (κ2) is 2.57. The molecule has 11 heavy (non-hydrogen) atoms. The zero-order valence-electron chi connectivity index (χ0n) is 5.79. The van der Waals surface area contributed by atoms with Gasteiger partial charge in [0, 0.05) is 6.07 Å². The molecule has 0 radical (unpaired) electrons. The first-order valence-corrected chi connectivity index (χ1v) is 2.91. The van der Waals surface area contributed by atoms with Crippen molar-refractivity contribution in [3.8, 4) is 0 Å². The first-order chi connectivity index (χ1) is 5.11. The number of aromatic amines is 1. The van der Waals surface area contributed by atoms with Gasteiger partial charge in [-0.1, -0.05) is 0 Å². The van der Waals surface area contributed by atoms with Crippen molar-refractivity contribution in [1.82, 2.24) is 10.2 Å². The maximum Gasteiger partial charge on any atom is 0.353 e. The number of carboxylic acid groups (broad SMARTS) is 1. The summed E-state index contributed by atoms with van der Waals surface area (Å²) in [7, 11) is 1.32. The lowest BCUT2D eigenvalue weighted by molar-refractivity contribution is 0.0690. The molecule has 0 amide bonds. The van der Waals surface area contributed by atoms with Crippen LogP contribution in [0.2, 0.25) is 0 Å². The molecule has 1 rings (SSSR count). The SMILES string of the molecule is BC(=O)c1cc(C(=O)O)[nH]n1. The minimum absolute atomic E-state index is 0.0739. The van der Waals surface area contributed by atoms with Crippen LogP contribution in [-0.4, -0.2) is 34.8 Å². The standard InChI is InChI=1S/C5H5BN2O3/c6-4(9)2-1-3(5(10)11)8-7-2/h1H,6H2,(H,7,8)(H,10,11). The van der Waals surface area contributed by atoms with Gasteiger partial charge in [0.15, 0.2) is 7.85 Å². The van der Waals surface area contributed by atoms with E-state index in [1.807, 2.05) is 0 Å². The van der Waals surface area contributed by atoms with Gasteiger partial charge < -0.3 is 9.90 Å². The highest BCUT2D eigenvalue weighted by molar-refractivity contribution is 6.62. The number of nitrogens with one attached hydrogen (secondary N) is 1. The van der Waals surface area contributed by atoms with Gasteiger partial charge in [-0.05, 0) is 0 Å². The molecule has 0 aromatic carbocycles. The molecule has 0 aliphatic carbocycles. The minimum atomic E-state index is -1.12. The lowest BCUT2D eigenvalue weighted by Gasteiger charge is -1.80. The highest BCUT2D eigenvalue weighted by atomic mass is 16.4. The molecule has 1 heterocycles. The largest absolute Gasteiger partial charge is 0.477 e. The van der Waals surface area contributed by atoms with Crippen LogP contribution in [0.15, 0.2) is 6.07 Å². The van der Waals surface area contributed by atoms with Gasteiger partial charge in [-0.15, -0.1) is 0 Å². The van der Waals surface area contributed by atoms with Crippen LogP contribution in [0.3, 0.4) is 0 Å². The summed E-state index contributed by atoms with van der Waals surface area (Å²) >= 11 is 0. The number of carbonyl (C=O) groups excluding carboxylic acids is 1. The number of aromatic carboxylic acids is 1. The van der Waals surface area contributed by atoms with Gasteiger partial charge in [0.1, 0.15) is 17.1 Å². The third kappa shape index (κ3) is 1.46. The number of aromatic nitrogens is 2. The highest BCUT2D eigenvalue weighted by Gasteiger charge is 2.09. The number of carbonyl (C=O) groups is 2. The Morgan fingerprint density at radius 3 is 2.55 bits per heavy atom. The van der Waals surface area contributed by atoms with Crippen LogP contribution in [0.5, 0.6) is 0 Å². The van der Waals surface area contributed by atoms with Crippen molar-refractivity contribution in [2.24, 2.45) is 0 Å². The van der Waals surface area contributed by atoms with Crippen molar-refractivity contribution in [1.29, 1.82) is 0 Å². The Morgan fingerprint density at radius 1 is 1.64 bits per heavy atom. The van der Waals surface area contributed by atoms with E-state index in [0.29, 0.717) is 0 Å². The van der Waals surface area contributed by atoms with E-state index in [9.17, 15) is 9.59 Å². The average Bonchev–Trinajstić information content (AvgIpc) is 2.33. The Labute approximate surface area is 62.8 Å². The van der Waals surface area contributed by atoms with Gasteiger partial charge in [-0.2, -0.15) is 5.10 Å². The molecule has 0 saturated heterocycles. The van der Waals surface area contributed by atoms with E-state index in [4.69, 9.17) is 5.11 Å². The molecular weight excluding hydrogens is 147 g/mol. The predicted molar refractivity (Wildman–Crippen MR) is 38.4 cm³/mol. The molecule has 0 aliphatic rings. The van der Waals surface area contributed by atoms with E-state index in [1.54, 1.807) is 0 Å². The Balaban J connectivity index is 2.99. The topological polar surface area (TPSA) is 83.0 Å². The van der Waals surface area contributed by atoms with Crippen LogP contribution < -0.4 is 0 Å². The Bertz CT molecular complexity index is 278. The van der Waals surface area contributed by atoms with E-state index in [0.717, 1.165) is 0 Å². The number of rotatable bonds is 2. The van der Waals surface area contributed by atoms with Gasteiger partial charge in [-0.3, -0.25) is 5.10 Å². The molecule has 0 spiro atoms. The van der Waals surface area contributed by atoms with Crippen molar-refractivity contribution in [2.45, 2.75) is 0 Å². The minimum Gasteiger partial charge on any atom is -0.477 e. The van der Waals surface area contributed by atoms with Gasteiger partial charge >= 0.3 is 5.97 Å². The molecule has 1 aromatic rings. The van der Waals surface area contributed by atoms with Crippen molar-refractivity contribution in [3.05, 3.63) is 17.5 Å². The smallest absolute Gasteiger partial charge is 0.353 e. The van der Waals surface area contributed by atoms with Crippen molar-refractivity contribution in [2.75, 3.05) is 0 Å². The molecule has 5 nitrogen and oxygen atoms in total. The first kappa shape index (κ1) is 7.52. The summed E-state index contributed by atoms with van der Waals surface area (Å²) in [4.78, 5) is 20.9. The molecule has 0 saturated carbocycles. The number of nitrogens with zero attached hydrogens (tertiary/aromatic N) is 1. The highest BCUT2D eigenvalue weighted by Crippen LogP contribution is 1.98. The summed E-state index contributed by atoms with van der Waals surface area (Å²) in [6.45, 7) is 0. The molecule has 56 valence electrons. The van der Waals surface area contributed by atoms with E-state index in [2.05, 4.69) is 10.2 Å². The second-order valence-electron chi connectivity index (χ2n) is 2.03. The fraction of sp³-hybridized carbons (Fsp3) is 0. The fourth-order valence-electron chi connectivity index (χ4n) is 0.612. The maximum atomic E-state index is 10.6. The van der Waals surface area contributed by atoms with Crippen molar-refractivity contribution >= 4 is 19.5 Å². The maximum absolute atomic E-state index is 10.6. The van der Waals surface area contributed by atoms with Crippen LogP contribution in [-0.2, 0) is 0 Å². The summed E-state index contributed by atoms with van der Waals surface area (Å²) in [5, 5.41) is 14.1. The van der Waals surface area contributed by atoms with Gasteiger partial charge in [0.2, 0.25) is 0 Å². The van der Waals surface area contributed by atoms with Crippen LogP contribution in [0, 0.1) is 0 Å². The summed E-state index contributed by atoms with van der Waals surface area (Å²) < 4.78 is 0. The van der Waals surface area contributed by atoms with Crippen molar-refractivity contribution in [3.63, 3.8) is 0 Å². The van der Waals surface area contributed by atoms with E-state index in [1.165, 1.54) is 13.9 Å². The van der Waals surface area contributed by atoms with Gasteiger partial charge in [0.25, 0.3) is 0 Å². The molecular formula is C5H5BN2O3. The summed E-state index contributed by atoms with van der Waals surface area (Å²) in [6.07, 6.45) is 0. The third-order valence-corrected chi connectivity index (χ3v) is 1.17. The zero-order chi connectivity index (χ0) is 8.43.